The van der Waals surface area contributed by atoms with E-state index in [-0.39, 0.29) is 19.1 Å². The number of phosphoric acid groups is 1. The summed E-state index contributed by atoms with van der Waals surface area (Å²) in [6, 6.07) is -0.897. The molecule has 0 spiro atoms. The Morgan fingerprint density at radius 2 is 1.04 bits per heavy atom. The zero-order valence-electron chi connectivity index (χ0n) is 36.2. The minimum absolute atomic E-state index is 0.00439. The fraction of sp³-hybridized carbons (Fsp3) is 0.889. The van der Waals surface area contributed by atoms with Gasteiger partial charge in [-0.25, -0.2) is 0 Å². The van der Waals surface area contributed by atoms with Crippen molar-refractivity contribution in [1.82, 2.24) is 5.32 Å². The third-order valence-electron chi connectivity index (χ3n) is 10.2. The number of carbonyl (C=O) groups is 1. The van der Waals surface area contributed by atoms with Gasteiger partial charge in [-0.05, 0) is 32.1 Å². The van der Waals surface area contributed by atoms with Crippen molar-refractivity contribution in [2.24, 2.45) is 0 Å². The van der Waals surface area contributed by atoms with E-state index in [1.54, 1.807) is 6.08 Å². The van der Waals surface area contributed by atoms with Crippen molar-refractivity contribution in [3.8, 4) is 0 Å². The Labute approximate surface area is 334 Å². The van der Waals surface area contributed by atoms with E-state index in [4.69, 9.17) is 9.05 Å². The molecule has 0 aromatic carbocycles. The number of likely N-dealkylation sites (N-methyl/N-ethyl adjacent to an activating group) is 1. The molecule has 3 atom stereocenters. The molecule has 1 unspecified atom stereocenters. The van der Waals surface area contributed by atoms with Crippen molar-refractivity contribution >= 4 is 13.7 Å². The van der Waals surface area contributed by atoms with Crippen LogP contribution in [0, 0.1) is 0 Å². The molecular formula is C45H89N2O6P. The van der Waals surface area contributed by atoms with Gasteiger partial charge in [0.15, 0.2) is 0 Å². The van der Waals surface area contributed by atoms with Crippen LogP contribution < -0.4 is 10.2 Å². The molecule has 0 aliphatic rings. The number of amides is 1. The van der Waals surface area contributed by atoms with Gasteiger partial charge in [0.05, 0.1) is 39.9 Å². The van der Waals surface area contributed by atoms with Gasteiger partial charge in [-0.15, -0.1) is 0 Å². The molecule has 54 heavy (non-hydrogen) atoms. The molecule has 0 rings (SSSR count). The number of phosphoric ester groups is 1. The van der Waals surface area contributed by atoms with E-state index < -0.39 is 20.0 Å². The molecule has 0 fully saturated rings. The third-order valence-corrected chi connectivity index (χ3v) is 11.1. The Morgan fingerprint density at radius 3 is 1.50 bits per heavy atom. The number of aliphatic hydroxyl groups excluding tert-OH is 1. The first-order valence-electron chi connectivity index (χ1n) is 22.7. The molecule has 0 radical (unpaired) electrons. The zero-order valence-corrected chi connectivity index (χ0v) is 37.1. The maximum absolute atomic E-state index is 12.8. The quantitative estimate of drug-likeness (QED) is 0.0277. The number of nitrogens with zero attached hydrogens (tertiary/aromatic N) is 1. The molecular weight excluding hydrogens is 695 g/mol. The number of rotatable bonds is 41. The van der Waals surface area contributed by atoms with Crippen LogP contribution in [-0.2, 0) is 18.4 Å². The number of hydrogen-bond acceptors (Lipinski definition) is 6. The topological polar surface area (TPSA) is 108 Å². The summed E-state index contributed by atoms with van der Waals surface area (Å²) >= 11 is 0. The molecule has 9 heteroatoms. The summed E-state index contributed by atoms with van der Waals surface area (Å²) in [7, 11) is 1.25. The number of quaternary nitrogens is 1. The van der Waals surface area contributed by atoms with Gasteiger partial charge in [0, 0.05) is 6.42 Å². The maximum Gasteiger partial charge on any atom is 0.268 e. The summed E-state index contributed by atoms with van der Waals surface area (Å²) in [5.74, 6) is -0.206. The van der Waals surface area contributed by atoms with Crippen molar-refractivity contribution in [3.63, 3.8) is 0 Å². The Hall–Kier alpha value is -1.02. The number of allylic oxidation sites excluding steroid dienone is 3. The second-order valence-corrected chi connectivity index (χ2v) is 18.2. The van der Waals surface area contributed by atoms with Crippen LogP contribution in [0.2, 0.25) is 0 Å². The van der Waals surface area contributed by atoms with Crippen LogP contribution in [0.3, 0.4) is 0 Å². The molecule has 0 saturated heterocycles. The third kappa shape index (κ3) is 39.2. The van der Waals surface area contributed by atoms with Crippen LogP contribution in [0.25, 0.3) is 0 Å². The highest BCUT2D eigenvalue weighted by Crippen LogP contribution is 2.38. The lowest BCUT2D eigenvalue weighted by Gasteiger charge is -2.29. The smallest absolute Gasteiger partial charge is 0.268 e. The lowest BCUT2D eigenvalue weighted by molar-refractivity contribution is -0.870. The molecule has 0 aromatic heterocycles. The van der Waals surface area contributed by atoms with Crippen LogP contribution in [-0.4, -0.2) is 68.5 Å². The minimum atomic E-state index is -4.59. The largest absolute Gasteiger partial charge is 0.756 e. The maximum atomic E-state index is 12.8. The average Bonchev–Trinajstić information content (AvgIpc) is 3.12. The van der Waals surface area contributed by atoms with Gasteiger partial charge in [0.1, 0.15) is 13.2 Å². The van der Waals surface area contributed by atoms with Crippen LogP contribution in [0.15, 0.2) is 24.3 Å². The van der Waals surface area contributed by atoms with Crippen molar-refractivity contribution in [3.05, 3.63) is 24.3 Å². The van der Waals surface area contributed by atoms with Crippen LogP contribution >= 0.6 is 7.82 Å². The van der Waals surface area contributed by atoms with Gasteiger partial charge in [0.25, 0.3) is 7.82 Å². The van der Waals surface area contributed by atoms with Crippen LogP contribution in [0.4, 0.5) is 0 Å². The summed E-state index contributed by atoms with van der Waals surface area (Å²) in [4.78, 5) is 25.3. The minimum Gasteiger partial charge on any atom is -0.756 e. The molecule has 0 bridgehead atoms. The molecule has 8 nitrogen and oxygen atoms in total. The summed E-state index contributed by atoms with van der Waals surface area (Å²) in [6.07, 6.45) is 43.7. The summed E-state index contributed by atoms with van der Waals surface area (Å²) < 4.78 is 23.2. The summed E-state index contributed by atoms with van der Waals surface area (Å²) in [5, 5.41) is 13.7. The van der Waals surface area contributed by atoms with Gasteiger partial charge < -0.3 is 28.8 Å². The van der Waals surface area contributed by atoms with Crippen molar-refractivity contribution < 1.29 is 32.9 Å². The first kappa shape index (κ1) is 53.0. The van der Waals surface area contributed by atoms with Crippen LogP contribution in [0.5, 0.6) is 0 Å². The number of nitrogens with one attached hydrogen (secondary N) is 1. The van der Waals surface area contributed by atoms with Gasteiger partial charge in [-0.3, -0.25) is 9.36 Å². The van der Waals surface area contributed by atoms with Crippen molar-refractivity contribution in [2.45, 2.75) is 219 Å². The van der Waals surface area contributed by atoms with E-state index in [9.17, 15) is 19.4 Å². The monoisotopic (exact) mass is 785 g/mol. The standard InChI is InChI=1S/C45H89N2O6P/c1-6-8-10-12-14-16-18-20-21-22-23-24-25-26-27-29-31-33-35-37-39-45(49)46-43(42-53-54(50,51)52-41-40-47(3,4)5)44(48)38-36-34-32-30-28-19-17-15-13-11-9-7-2/h28,30,36,38,43-44,48H,6-27,29,31-35,37,39-42H2,1-5H3,(H-,46,49,50,51)/b30-28+,38-36+/t43-,44+/m0/s1. The predicted molar refractivity (Wildman–Crippen MR) is 228 cm³/mol. The van der Waals surface area contributed by atoms with E-state index >= 15 is 0 Å². The Morgan fingerprint density at radius 1 is 0.630 bits per heavy atom. The predicted octanol–water partition coefficient (Wildman–Crippen LogP) is 11.9. The van der Waals surface area contributed by atoms with E-state index in [0.717, 1.165) is 38.5 Å². The highest BCUT2D eigenvalue weighted by atomic mass is 31.2. The molecule has 0 heterocycles. The number of unbranched alkanes of at least 4 members (excludes halogenated alkanes) is 26. The second-order valence-electron chi connectivity index (χ2n) is 16.8. The Kier molecular flexibility index (Phi) is 36.8. The first-order chi connectivity index (χ1) is 26.0. The zero-order chi connectivity index (χ0) is 40.0. The van der Waals surface area contributed by atoms with Crippen LogP contribution in [0.1, 0.15) is 206 Å². The first-order valence-corrected chi connectivity index (χ1v) is 24.2. The fourth-order valence-electron chi connectivity index (χ4n) is 6.52. The molecule has 0 aliphatic carbocycles. The molecule has 320 valence electrons. The molecule has 0 aliphatic heterocycles. The van der Waals surface area contributed by atoms with E-state index in [2.05, 4.69) is 31.3 Å². The van der Waals surface area contributed by atoms with Gasteiger partial charge in [0.2, 0.25) is 5.91 Å². The van der Waals surface area contributed by atoms with Gasteiger partial charge >= 0.3 is 0 Å². The van der Waals surface area contributed by atoms with Gasteiger partial charge in [-0.1, -0.05) is 192 Å². The van der Waals surface area contributed by atoms with E-state index in [0.29, 0.717) is 17.4 Å². The Balaban J connectivity index is 4.33. The number of hydrogen-bond donors (Lipinski definition) is 2. The summed E-state index contributed by atoms with van der Waals surface area (Å²) in [5.41, 5.74) is 0. The Bertz CT molecular complexity index is 938. The lowest BCUT2D eigenvalue weighted by Crippen LogP contribution is -2.45. The molecule has 1 amide bonds. The highest BCUT2D eigenvalue weighted by Gasteiger charge is 2.23. The molecule has 0 aromatic rings. The number of aliphatic hydroxyl groups is 1. The fourth-order valence-corrected chi connectivity index (χ4v) is 7.24. The summed E-state index contributed by atoms with van der Waals surface area (Å²) in [6.45, 7) is 4.62. The van der Waals surface area contributed by atoms with E-state index in [1.165, 1.54) is 148 Å². The second kappa shape index (κ2) is 37.6. The normalized spacial score (nSPS) is 14.6. The number of carbonyl (C=O) groups excluding carboxylic acids is 1. The van der Waals surface area contributed by atoms with Crippen molar-refractivity contribution in [1.29, 1.82) is 0 Å². The molecule has 0 saturated carbocycles. The molecule has 2 N–H and O–H groups in total. The van der Waals surface area contributed by atoms with Crippen molar-refractivity contribution in [2.75, 3.05) is 40.9 Å². The average molecular weight is 785 g/mol. The SMILES string of the molecule is CCCCCCCC/C=C/CC/C=C/[C@@H](O)[C@H](COP(=O)([O-])OCC[N+](C)(C)C)NC(=O)CCCCCCCCCCCCCCCCCCCCCC. The highest BCUT2D eigenvalue weighted by molar-refractivity contribution is 7.45. The lowest BCUT2D eigenvalue weighted by atomic mass is 10.0. The van der Waals surface area contributed by atoms with Gasteiger partial charge in [-0.2, -0.15) is 0 Å². The van der Waals surface area contributed by atoms with E-state index in [1.807, 2.05) is 27.2 Å².